The van der Waals surface area contributed by atoms with Crippen LogP contribution in [0.1, 0.15) is 19.8 Å². The summed E-state index contributed by atoms with van der Waals surface area (Å²) >= 11 is 0. The molecule has 4 rings (SSSR count). The van der Waals surface area contributed by atoms with Crippen LogP contribution in [0, 0.1) is 0 Å². The molecule has 0 bridgehead atoms. The summed E-state index contributed by atoms with van der Waals surface area (Å²) in [6.45, 7) is 4.35. The van der Waals surface area contributed by atoms with Crippen molar-refractivity contribution in [1.82, 2.24) is 20.3 Å². The summed E-state index contributed by atoms with van der Waals surface area (Å²) in [5.41, 5.74) is 1.29. The smallest absolute Gasteiger partial charge is 0.142 e. The van der Waals surface area contributed by atoms with E-state index >= 15 is 0 Å². The van der Waals surface area contributed by atoms with Crippen LogP contribution >= 0.6 is 0 Å². The van der Waals surface area contributed by atoms with E-state index in [4.69, 9.17) is 0 Å². The molecule has 0 amide bonds. The maximum Gasteiger partial charge on any atom is 0.142 e. The molecule has 0 aromatic carbocycles. The third-order valence-electron chi connectivity index (χ3n) is 4.24. The largest absolute Gasteiger partial charge is 0.350 e. The molecule has 1 saturated carbocycles. The number of nitrogens with one attached hydrogen (secondary N) is 2. The average molecular weight is 243 g/mol. The zero-order valence-electron chi connectivity index (χ0n) is 10.5. The van der Waals surface area contributed by atoms with Gasteiger partial charge in [0.2, 0.25) is 0 Å². The maximum absolute atomic E-state index is 4.51. The SMILES string of the molecule is CC1CNC2(CC2)CN1c1ncnc2[nH]ccc12. The number of anilines is 1. The second-order valence-corrected chi connectivity index (χ2v) is 5.58. The van der Waals surface area contributed by atoms with Crippen molar-refractivity contribution in [3.8, 4) is 0 Å². The van der Waals surface area contributed by atoms with Crippen LogP contribution in [0.15, 0.2) is 18.6 Å². The minimum absolute atomic E-state index is 0.361. The van der Waals surface area contributed by atoms with E-state index in [-0.39, 0.29) is 0 Å². The molecule has 94 valence electrons. The van der Waals surface area contributed by atoms with E-state index in [0.717, 1.165) is 29.9 Å². The molecule has 5 heteroatoms. The normalized spacial score (nSPS) is 25.8. The van der Waals surface area contributed by atoms with Gasteiger partial charge in [0.05, 0.1) is 5.39 Å². The van der Waals surface area contributed by atoms with Crippen molar-refractivity contribution < 1.29 is 0 Å². The van der Waals surface area contributed by atoms with Crippen LogP contribution < -0.4 is 10.2 Å². The highest BCUT2D eigenvalue weighted by molar-refractivity contribution is 5.87. The van der Waals surface area contributed by atoms with E-state index < -0.39 is 0 Å². The first-order valence-electron chi connectivity index (χ1n) is 6.57. The van der Waals surface area contributed by atoms with Gasteiger partial charge >= 0.3 is 0 Å². The first kappa shape index (κ1) is 10.3. The Labute approximate surface area is 106 Å². The Morgan fingerprint density at radius 2 is 2.28 bits per heavy atom. The second-order valence-electron chi connectivity index (χ2n) is 5.58. The van der Waals surface area contributed by atoms with E-state index in [1.54, 1.807) is 6.33 Å². The van der Waals surface area contributed by atoms with Gasteiger partial charge in [-0.1, -0.05) is 0 Å². The van der Waals surface area contributed by atoms with Gasteiger partial charge in [-0.2, -0.15) is 0 Å². The number of H-pyrrole nitrogens is 1. The number of hydrogen-bond acceptors (Lipinski definition) is 4. The second kappa shape index (κ2) is 3.45. The number of piperazine rings is 1. The number of nitrogens with zero attached hydrogens (tertiary/aromatic N) is 3. The summed E-state index contributed by atoms with van der Waals surface area (Å²) in [7, 11) is 0. The molecular formula is C13H17N5. The highest BCUT2D eigenvalue weighted by atomic mass is 15.3. The van der Waals surface area contributed by atoms with E-state index in [1.807, 2.05) is 6.20 Å². The lowest BCUT2D eigenvalue weighted by Gasteiger charge is -2.40. The molecule has 1 aliphatic carbocycles. The van der Waals surface area contributed by atoms with Crippen LogP contribution in [0.2, 0.25) is 0 Å². The Morgan fingerprint density at radius 3 is 3.11 bits per heavy atom. The summed E-state index contributed by atoms with van der Waals surface area (Å²) in [6, 6.07) is 2.54. The van der Waals surface area contributed by atoms with Gasteiger partial charge in [0.1, 0.15) is 17.8 Å². The molecule has 1 unspecified atom stereocenters. The molecule has 2 N–H and O–H groups in total. The van der Waals surface area contributed by atoms with Gasteiger partial charge in [-0.3, -0.25) is 0 Å². The number of rotatable bonds is 1. The molecule has 1 aliphatic heterocycles. The zero-order valence-corrected chi connectivity index (χ0v) is 10.5. The fraction of sp³-hybridized carbons (Fsp3) is 0.538. The van der Waals surface area contributed by atoms with Gasteiger partial charge in [0.15, 0.2) is 0 Å². The van der Waals surface area contributed by atoms with Crippen LogP contribution in [0.3, 0.4) is 0 Å². The number of hydrogen-bond donors (Lipinski definition) is 2. The van der Waals surface area contributed by atoms with Gasteiger partial charge in [-0.25, -0.2) is 9.97 Å². The number of fused-ring (bicyclic) bond motifs is 1. The predicted octanol–water partition coefficient (Wildman–Crippen LogP) is 1.29. The molecule has 18 heavy (non-hydrogen) atoms. The van der Waals surface area contributed by atoms with Crippen LogP contribution in [0.25, 0.3) is 11.0 Å². The van der Waals surface area contributed by atoms with Crippen molar-refractivity contribution in [2.45, 2.75) is 31.3 Å². The van der Waals surface area contributed by atoms with Crippen molar-refractivity contribution in [2.24, 2.45) is 0 Å². The average Bonchev–Trinajstić information content (AvgIpc) is 2.96. The first-order valence-corrected chi connectivity index (χ1v) is 6.57. The fourth-order valence-corrected chi connectivity index (χ4v) is 2.87. The Bertz CT molecular complexity index is 586. The molecule has 1 spiro atoms. The van der Waals surface area contributed by atoms with Crippen molar-refractivity contribution in [3.63, 3.8) is 0 Å². The zero-order chi connectivity index (χ0) is 12.2. The van der Waals surface area contributed by atoms with Crippen molar-refractivity contribution in [1.29, 1.82) is 0 Å². The fourth-order valence-electron chi connectivity index (χ4n) is 2.87. The number of aromatic amines is 1. The van der Waals surface area contributed by atoms with E-state index in [1.165, 1.54) is 12.8 Å². The van der Waals surface area contributed by atoms with Crippen molar-refractivity contribution in [2.75, 3.05) is 18.0 Å². The quantitative estimate of drug-likeness (QED) is 0.792. The molecule has 2 aliphatic rings. The molecule has 2 aromatic heterocycles. The molecule has 2 aromatic rings. The van der Waals surface area contributed by atoms with Gasteiger partial charge in [-0.05, 0) is 25.8 Å². The molecule has 1 saturated heterocycles. The predicted molar refractivity (Wildman–Crippen MR) is 70.7 cm³/mol. The van der Waals surface area contributed by atoms with Crippen LogP contribution in [-0.4, -0.2) is 39.6 Å². The molecular weight excluding hydrogens is 226 g/mol. The first-order chi connectivity index (χ1) is 8.77. The van der Waals surface area contributed by atoms with Gasteiger partial charge in [0, 0.05) is 30.9 Å². The van der Waals surface area contributed by atoms with Crippen LogP contribution in [0.4, 0.5) is 5.82 Å². The monoisotopic (exact) mass is 243 g/mol. The Morgan fingerprint density at radius 1 is 1.39 bits per heavy atom. The number of aromatic nitrogens is 3. The molecule has 1 atom stereocenters. The van der Waals surface area contributed by atoms with Crippen LogP contribution in [-0.2, 0) is 0 Å². The van der Waals surface area contributed by atoms with E-state index in [0.29, 0.717) is 11.6 Å². The topological polar surface area (TPSA) is 56.8 Å². The Hall–Kier alpha value is -1.62. The highest BCUT2D eigenvalue weighted by Crippen LogP contribution is 2.40. The summed E-state index contributed by atoms with van der Waals surface area (Å²) < 4.78 is 0. The third kappa shape index (κ3) is 1.43. The van der Waals surface area contributed by atoms with E-state index in [9.17, 15) is 0 Å². The van der Waals surface area contributed by atoms with Gasteiger partial charge in [-0.15, -0.1) is 0 Å². The summed E-state index contributed by atoms with van der Waals surface area (Å²) in [6.07, 6.45) is 6.17. The van der Waals surface area contributed by atoms with Crippen molar-refractivity contribution >= 4 is 16.9 Å². The lowest BCUT2D eigenvalue weighted by atomic mass is 10.1. The standard InChI is InChI=1S/C13H17N5/c1-9-6-17-13(3-4-13)7-18(9)12-10-2-5-14-11(10)15-8-16-12/h2,5,8-9,17H,3-4,6-7H2,1H3,(H,14,15,16). The lowest BCUT2D eigenvalue weighted by Crippen LogP contribution is -2.57. The minimum atomic E-state index is 0.361. The lowest BCUT2D eigenvalue weighted by molar-refractivity contribution is 0.389. The highest BCUT2D eigenvalue weighted by Gasteiger charge is 2.47. The molecule has 5 nitrogen and oxygen atoms in total. The minimum Gasteiger partial charge on any atom is -0.350 e. The summed E-state index contributed by atoms with van der Waals surface area (Å²) in [5, 5.41) is 4.79. The molecule has 3 heterocycles. The molecule has 0 radical (unpaired) electrons. The van der Waals surface area contributed by atoms with Gasteiger partial charge in [0.25, 0.3) is 0 Å². The maximum atomic E-state index is 4.51. The van der Waals surface area contributed by atoms with Crippen molar-refractivity contribution in [3.05, 3.63) is 18.6 Å². The summed E-state index contributed by atoms with van der Waals surface area (Å²) in [5.74, 6) is 1.07. The van der Waals surface area contributed by atoms with Gasteiger partial charge < -0.3 is 15.2 Å². The Kier molecular flexibility index (Phi) is 1.97. The van der Waals surface area contributed by atoms with E-state index in [2.05, 4.69) is 38.2 Å². The third-order valence-corrected chi connectivity index (χ3v) is 4.24. The summed E-state index contributed by atoms with van der Waals surface area (Å²) in [4.78, 5) is 14.4. The Balaban J connectivity index is 1.78. The molecule has 2 fully saturated rings. The van der Waals surface area contributed by atoms with Crippen LogP contribution in [0.5, 0.6) is 0 Å².